The van der Waals surface area contributed by atoms with Crippen molar-refractivity contribution in [2.45, 2.75) is 0 Å². The van der Waals surface area contributed by atoms with E-state index in [9.17, 15) is 0 Å². The van der Waals surface area contributed by atoms with E-state index in [0.29, 0.717) is 10.6 Å². The second-order valence-electron chi connectivity index (χ2n) is 4.09. The van der Waals surface area contributed by atoms with E-state index in [1.165, 1.54) is 0 Å². The lowest BCUT2D eigenvalue weighted by Gasteiger charge is -1.99. The van der Waals surface area contributed by atoms with Gasteiger partial charge in [0.1, 0.15) is 5.82 Å². The van der Waals surface area contributed by atoms with E-state index in [1.54, 1.807) is 12.1 Å². The van der Waals surface area contributed by atoms with E-state index in [0.717, 1.165) is 26.9 Å². The third-order valence-corrected chi connectivity index (χ3v) is 3.42. The first kappa shape index (κ1) is 12.2. The number of hydrogen-bond donors (Lipinski definition) is 1. The Hall–Kier alpha value is -1.83. The number of rotatable bonds is 1. The maximum atomic E-state index is 8.89. The highest BCUT2D eigenvalue weighted by Crippen LogP contribution is 2.27. The van der Waals surface area contributed by atoms with Crippen LogP contribution in [0.2, 0.25) is 5.02 Å². The lowest BCUT2D eigenvalue weighted by molar-refractivity contribution is 1.33. The second kappa shape index (κ2) is 4.69. The van der Waals surface area contributed by atoms with Gasteiger partial charge in [0, 0.05) is 15.1 Å². The molecule has 1 aromatic heterocycles. The molecule has 0 fully saturated rings. The molecule has 0 saturated carbocycles. The van der Waals surface area contributed by atoms with E-state index in [4.69, 9.17) is 16.9 Å². The van der Waals surface area contributed by atoms with Gasteiger partial charge in [-0.1, -0.05) is 27.5 Å². The number of nitrogens with one attached hydrogen (secondary N) is 1. The summed E-state index contributed by atoms with van der Waals surface area (Å²) in [5.74, 6) is 0.730. The first-order valence-corrected chi connectivity index (χ1v) is 6.69. The van der Waals surface area contributed by atoms with Gasteiger partial charge in [0.25, 0.3) is 0 Å². The molecule has 0 bridgehead atoms. The molecule has 19 heavy (non-hydrogen) atoms. The Labute approximate surface area is 123 Å². The van der Waals surface area contributed by atoms with Crippen LogP contribution in [0.25, 0.3) is 22.4 Å². The Balaban J connectivity index is 2.18. The topological polar surface area (TPSA) is 52.5 Å². The molecule has 0 aliphatic heterocycles. The minimum absolute atomic E-state index is 0.606. The fraction of sp³-hybridized carbons (Fsp3) is 0. The summed E-state index contributed by atoms with van der Waals surface area (Å²) >= 11 is 9.44. The first-order chi connectivity index (χ1) is 9.15. The van der Waals surface area contributed by atoms with Crippen molar-refractivity contribution in [1.29, 1.82) is 5.26 Å². The number of fused-ring (bicyclic) bond motifs is 1. The molecule has 0 radical (unpaired) electrons. The smallest absolute Gasteiger partial charge is 0.138 e. The number of nitriles is 1. The van der Waals surface area contributed by atoms with Crippen molar-refractivity contribution in [2.75, 3.05) is 0 Å². The van der Waals surface area contributed by atoms with Crippen LogP contribution in [0.1, 0.15) is 5.56 Å². The Morgan fingerprint density at radius 2 is 2.05 bits per heavy atom. The van der Waals surface area contributed by atoms with E-state index >= 15 is 0 Å². The van der Waals surface area contributed by atoms with Crippen LogP contribution in [0.3, 0.4) is 0 Å². The van der Waals surface area contributed by atoms with Crippen molar-refractivity contribution >= 4 is 38.6 Å². The van der Waals surface area contributed by atoms with E-state index in [2.05, 4.69) is 32.0 Å². The van der Waals surface area contributed by atoms with Crippen LogP contribution in [-0.4, -0.2) is 9.97 Å². The molecule has 0 aliphatic carbocycles. The molecule has 3 aromatic rings. The maximum absolute atomic E-state index is 8.89. The molecule has 92 valence electrons. The maximum Gasteiger partial charge on any atom is 0.138 e. The molecule has 0 amide bonds. The zero-order valence-corrected chi connectivity index (χ0v) is 12.0. The van der Waals surface area contributed by atoms with Gasteiger partial charge in [-0.2, -0.15) is 5.26 Å². The number of halogens is 2. The Kier molecular flexibility index (Phi) is 3.02. The fourth-order valence-electron chi connectivity index (χ4n) is 1.91. The Bertz CT molecular complexity index is 797. The molecule has 0 saturated heterocycles. The molecule has 0 atom stereocenters. The Morgan fingerprint density at radius 1 is 1.21 bits per heavy atom. The highest BCUT2D eigenvalue weighted by molar-refractivity contribution is 9.10. The average Bonchev–Trinajstić information content (AvgIpc) is 2.80. The number of aromatic nitrogens is 2. The van der Waals surface area contributed by atoms with E-state index < -0.39 is 0 Å². The number of benzene rings is 2. The quantitative estimate of drug-likeness (QED) is 0.712. The van der Waals surface area contributed by atoms with Crippen molar-refractivity contribution in [3.05, 3.63) is 51.5 Å². The zero-order valence-electron chi connectivity index (χ0n) is 9.61. The Morgan fingerprint density at radius 3 is 2.79 bits per heavy atom. The molecular weight excluding hydrogens is 326 g/mol. The van der Waals surface area contributed by atoms with Gasteiger partial charge in [0.2, 0.25) is 0 Å². The molecule has 0 spiro atoms. The van der Waals surface area contributed by atoms with Crippen molar-refractivity contribution in [1.82, 2.24) is 9.97 Å². The standard InChI is InChI=1S/C14H7BrClN3/c15-10-4-9(5-11(16)6-10)14-18-12-2-1-8(7-17)3-13(12)19-14/h1-6H,(H,18,19). The van der Waals surface area contributed by atoms with Gasteiger partial charge >= 0.3 is 0 Å². The van der Waals surface area contributed by atoms with Crippen LogP contribution in [0.5, 0.6) is 0 Å². The molecular formula is C14H7BrClN3. The van der Waals surface area contributed by atoms with Crippen LogP contribution < -0.4 is 0 Å². The van der Waals surface area contributed by atoms with Crippen molar-refractivity contribution in [3.8, 4) is 17.5 Å². The number of aromatic amines is 1. The van der Waals surface area contributed by atoms with Gasteiger partial charge in [-0.3, -0.25) is 0 Å². The molecule has 0 aliphatic rings. The van der Waals surface area contributed by atoms with Crippen molar-refractivity contribution in [3.63, 3.8) is 0 Å². The zero-order chi connectivity index (χ0) is 13.4. The lowest BCUT2D eigenvalue weighted by Crippen LogP contribution is -1.80. The summed E-state index contributed by atoms with van der Waals surface area (Å²) in [4.78, 5) is 7.70. The summed E-state index contributed by atoms with van der Waals surface area (Å²) in [5.41, 5.74) is 3.17. The SMILES string of the molecule is N#Cc1ccc2nc(-c3cc(Cl)cc(Br)c3)[nH]c2c1. The van der Waals surface area contributed by atoms with E-state index in [1.807, 2.05) is 24.3 Å². The number of nitrogens with zero attached hydrogens (tertiary/aromatic N) is 2. The van der Waals surface area contributed by atoms with Crippen LogP contribution in [0, 0.1) is 11.3 Å². The van der Waals surface area contributed by atoms with Crippen LogP contribution >= 0.6 is 27.5 Å². The van der Waals surface area contributed by atoms with Gasteiger partial charge in [-0.15, -0.1) is 0 Å². The third-order valence-electron chi connectivity index (χ3n) is 2.75. The van der Waals surface area contributed by atoms with Gasteiger partial charge in [-0.05, 0) is 36.4 Å². The van der Waals surface area contributed by atoms with Gasteiger partial charge < -0.3 is 4.98 Å². The summed E-state index contributed by atoms with van der Waals surface area (Å²) in [6.07, 6.45) is 0. The first-order valence-electron chi connectivity index (χ1n) is 5.52. The highest BCUT2D eigenvalue weighted by atomic mass is 79.9. The number of hydrogen-bond acceptors (Lipinski definition) is 2. The fourth-order valence-corrected chi connectivity index (χ4v) is 2.77. The summed E-state index contributed by atoms with van der Waals surface area (Å²) in [6, 6.07) is 13.1. The van der Waals surface area contributed by atoms with Gasteiger partial charge in [0.15, 0.2) is 0 Å². The van der Waals surface area contributed by atoms with Crippen molar-refractivity contribution < 1.29 is 0 Å². The molecule has 3 nitrogen and oxygen atoms in total. The summed E-state index contributed by atoms with van der Waals surface area (Å²) in [6.45, 7) is 0. The summed E-state index contributed by atoms with van der Waals surface area (Å²) in [7, 11) is 0. The number of H-pyrrole nitrogens is 1. The highest BCUT2D eigenvalue weighted by Gasteiger charge is 2.07. The predicted molar refractivity (Wildman–Crippen MR) is 79.0 cm³/mol. The molecule has 1 N–H and O–H groups in total. The molecule has 5 heteroatoms. The average molecular weight is 333 g/mol. The molecule has 2 aromatic carbocycles. The minimum atomic E-state index is 0.606. The lowest BCUT2D eigenvalue weighted by atomic mass is 10.2. The third kappa shape index (κ3) is 2.35. The van der Waals surface area contributed by atoms with Gasteiger partial charge in [-0.25, -0.2) is 4.98 Å². The van der Waals surface area contributed by atoms with Crippen molar-refractivity contribution in [2.24, 2.45) is 0 Å². The van der Waals surface area contributed by atoms with Crippen LogP contribution in [0.15, 0.2) is 40.9 Å². The molecule has 0 unspecified atom stereocenters. The monoisotopic (exact) mass is 331 g/mol. The predicted octanol–water partition coefficient (Wildman–Crippen LogP) is 4.52. The second-order valence-corrected chi connectivity index (χ2v) is 5.44. The minimum Gasteiger partial charge on any atom is -0.338 e. The summed E-state index contributed by atoms with van der Waals surface area (Å²) < 4.78 is 0.896. The number of imidazole rings is 1. The summed E-state index contributed by atoms with van der Waals surface area (Å²) in [5, 5.41) is 9.53. The molecule has 3 rings (SSSR count). The van der Waals surface area contributed by atoms with Crippen LogP contribution in [-0.2, 0) is 0 Å². The molecule has 1 heterocycles. The normalized spacial score (nSPS) is 10.6. The van der Waals surface area contributed by atoms with E-state index in [-0.39, 0.29) is 0 Å². The van der Waals surface area contributed by atoms with Gasteiger partial charge in [0.05, 0.1) is 22.7 Å². The largest absolute Gasteiger partial charge is 0.338 e. The van der Waals surface area contributed by atoms with Crippen LogP contribution in [0.4, 0.5) is 0 Å².